The van der Waals surface area contributed by atoms with Crippen molar-refractivity contribution >= 4 is 0 Å². The summed E-state index contributed by atoms with van der Waals surface area (Å²) < 4.78 is 13.4. The van der Waals surface area contributed by atoms with E-state index in [-0.39, 0.29) is 5.82 Å². The molecule has 0 saturated carbocycles. The second kappa shape index (κ2) is 7.40. The zero-order valence-electron chi connectivity index (χ0n) is 14.5. The molecule has 2 aromatic carbocycles. The Morgan fingerprint density at radius 3 is 2.81 bits per heavy atom. The highest BCUT2D eigenvalue weighted by Gasteiger charge is 2.21. The van der Waals surface area contributed by atoms with Crippen LogP contribution in [0.5, 0.6) is 0 Å². The van der Waals surface area contributed by atoms with Crippen molar-refractivity contribution < 1.29 is 9.50 Å². The van der Waals surface area contributed by atoms with Gasteiger partial charge < -0.3 is 10.1 Å². The molecule has 0 spiro atoms. The van der Waals surface area contributed by atoms with Crippen molar-refractivity contribution in [3.8, 4) is 11.4 Å². The Morgan fingerprint density at radius 2 is 2.00 bits per heavy atom. The summed E-state index contributed by atoms with van der Waals surface area (Å²) in [6.45, 7) is 2.52. The number of fused-ring (bicyclic) bond motifs is 1. The van der Waals surface area contributed by atoms with E-state index in [0.717, 1.165) is 54.4 Å². The zero-order valence-corrected chi connectivity index (χ0v) is 14.5. The summed E-state index contributed by atoms with van der Waals surface area (Å²) in [6.07, 6.45) is 1.12. The fourth-order valence-corrected chi connectivity index (χ4v) is 3.46. The van der Waals surface area contributed by atoms with Gasteiger partial charge in [0.2, 0.25) is 0 Å². The van der Waals surface area contributed by atoms with Crippen LogP contribution >= 0.6 is 0 Å². The molecule has 1 aromatic heterocycles. The van der Waals surface area contributed by atoms with Gasteiger partial charge in [-0.25, -0.2) is 9.37 Å². The Labute approximate surface area is 152 Å². The number of aliphatic hydroxyl groups excluding tert-OH is 1. The van der Waals surface area contributed by atoms with Gasteiger partial charge in [-0.1, -0.05) is 42.5 Å². The van der Waals surface area contributed by atoms with Crippen molar-refractivity contribution in [2.45, 2.75) is 25.5 Å². The highest BCUT2D eigenvalue weighted by Crippen LogP contribution is 2.24. The average Bonchev–Trinajstić information content (AvgIpc) is 3.10. The highest BCUT2D eigenvalue weighted by atomic mass is 19.1. The third-order valence-corrected chi connectivity index (χ3v) is 4.91. The van der Waals surface area contributed by atoms with E-state index in [2.05, 4.69) is 14.9 Å². The number of aliphatic hydroxyl groups is 1. The van der Waals surface area contributed by atoms with E-state index in [1.165, 1.54) is 12.1 Å². The van der Waals surface area contributed by atoms with Crippen LogP contribution in [0.3, 0.4) is 0 Å². The molecule has 3 aromatic rings. The first-order chi connectivity index (χ1) is 12.7. The van der Waals surface area contributed by atoms with Gasteiger partial charge in [0.15, 0.2) is 0 Å². The lowest BCUT2D eigenvalue weighted by Gasteiger charge is -2.26. The van der Waals surface area contributed by atoms with E-state index in [1.54, 1.807) is 6.07 Å². The lowest BCUT2D eigenvalue weighted by molar-refractivity contribution is 0.137. The van der Waals surface area contributed by atoms with Crippen LogP contribution in [0.1, 0.15) is 29.5 Å². The summed E-state index contributed by atoms with van der Waals surface area (Å²) in [4.78, 5) is 10.3. The minimum atomic E-state index is -0.442. The van der Waals surface area contributed by atoms with Crippen LogP contribution in [-0.2, 0) is 13.0 Å². The molecule has 0 bridgehead atoms. The Morgan fingerprint density at radius 1 is 1.15 bits per heavy atom. The molecule has 134 valence electrons. The SMILES string of the molecule is O[C@@H](CCN1CCc2nc(-c3cccc(F)c3)[nH]c2C1)c1ccccc1. The molecule has 0 saturated heterocycles. The average molecular weight is 351 g/mol. The number of aromatic nitrogens is 2. The quantitative estimate of drug-likeness (QED) is 0.737. The fraction of sp³-hybridized carbons (Fsp3) is 0.286. The standard InChI is InChI=1S/C21H22FN3O/c22-17-8-4-7-16(13-17)21-23-18-9-11-25(14-19(18)24-21)12-10-20(26)15-5-2-1-3-6-15/h1-8,13,20,26H,9-12,14H2,(H,23,24)/t20-/m0/s1. The van der Waals surface area contributed by atoms with Gasteiger partial charge in [-0.05, 0) is 24.1 Å². The minimum Gasteiger partial charge on any atom is -0.388 e. The second-order valence-electron chi connectivity index (χ2n) is 6.76. The second-order valence-corrected chi connectivity index (χ2v) is 6.76. The smallest absolute Gasteiger partial charge is 0.137 e. The lowest BCUT2D eigenvalue weighted by Crippen LogP contribution is -2.32. The van der Waals surface area contributed by atoms with Gasteiger partial charge in [-0.2, -0.15) is 0 Å². The molecular formula is C21H22FN3O. The Balaban J connectivity index is 1.40. The molecule has 0 radical (unpaired) electrons. The number of nitrogens with zero attached hydrogens (tertiary/aromatic N) is 2. The maximum Gasteiger partial charge on any atom is 0.137 e. The molecule has 0 unspecified atom stereocenters. The largest absolute Gasteiger partial charge is 0.388 e. The highest BCUT2D eigenvalue weighted by molar-refractivity contribution is 5.56. The first-order valence-electron chi connectivity index (χ1n) is 8.98. The van der Waals surface area contributed by atoms with Crippen molar-refractivity contribution in [1.82, 2.24) is 14.9 Å². The van der Waals surface area contributed by atoms with E-state index in [1.807, 2.05) is 36.4 Å². The Bertz CT molecular complexity index is 878. The van der Waals surface area contributed by atoms with Crippen molar-refractivity contribution in [1.29, 1.82) is 0 Å². The van der Waals surface area contributed by atoms with Gasteiger partial charge in [0.05, 0.1) is 17.5 Å². The van der Waals surface area contributed by atoms with Gasteiger partial charge in [0, 0.05) is 31.6 Å². The molecule has 4 nitrogen and oxygen atoms in total. The summed E-state index contributed by atoms with van der Waals surface area (Å²) in [5.41, 5.74) is 3.87. The summed E-state index contributed by atoms with van der Waals surface area (Å²) in [6, 6.07) is 16.3. The van der Waals surface area contributed by atoms with Crippen molar-refractivity contribution in [2.24, 2.45) is 0 Å². The number of rotatable bonds is 5. The van der Waals surface area contributed by atoms with Crippen molar-refractivity contribution in [3.05, 3.63) is 77.4 Å². The maximum atomic E-state index is 13.4. The molecule has 1 aliphatic rings. The van der Waals surface area contributed by atoms with E-state index in [0.29, 0.717) is 6.42 Å². The van der Waals surface area contributed by atoms with Crippen LogP contribution in [0, 0.1) is 5.82 Å². The van der Waals surface area contributed by atoms with E-state index in [9.17, 15) is 9.50 Å². The number of halogens is 1. The minimum absolute atomic E-state index is 0.256. The molecule has 0 fully saturated rings. The maximum absolute atomic E-state index is 13.4. The van der Waals surface area contributed by atoms with Crippen LogP contribution in [0.25, 0.3) is 11.4 Å². The molecule has 26 heavy (non-hydrogen) atoms. The van der Waals surface area contributed by atoms with Gasteiger partial charge in [-0.3, -0.25) is 4.90 Å². The predicted octanol–water partition coefficient (Wildman–Crippen LogP) is 3.70. The van der Waals surface area contributed by atoms with Gasteiger partial charge >= 0.3 is 0 Å². The van der Waals surface area contributed by atoms with Crippen LogP contribution in [0.15, 0.2) is 54.6 Å². The first-order valence-corrected chi connectivity index (χ1v) is 8.98. The normalized spacial score (nSPS) is 15.6. The number of hydrogen-bond donors (Lipinski definition) is 2. The van der Waals surface area contributed by atoms with Crippen LogP contribution in [-0.4, -0.2) is 33.1 Å². The van der Waals surface area contributed by atoms with Crippen molar-refractivity contribution in [2.75, 3.05) is 13.1 Å². The number of benzene rings is 2. The lowest BCUT2D eigenvalue weighted by atomic mass is 10.1. The number of H-pyrrole nitrogens is 1. The molecule has 1 atom stereocenters. The predicted molar refractivity (Wildman–Crippen MR) is 99.0 cm³/mol. The van der Waals surface area contributed by atoms with E-state index in [4.69, 9.17) is 0 Å². The van der Waals surface area contributed by atoms with Gasteiger partial charge in [0.25, 0.3) is 0 Å². The third kappa shape index (κ3) is 3.69. The van der Waals surface area contributed by atoms with Crippen LogP contribution in [0.4, 0.5) is 4.39 Å². The molecule has 2 heterocycles. The van der Waals surface area contributed by atoms with Crippen LogP contribution < -0.4 is 0 Å². The van der Waals surface area contributed by atoms with E-state index >= 15 is 0 Å². The summed E-state index contributed by atoms with van der Waals surface area (Å²) in [7, 11) is 0. The van der Waals surface area contributed by atoms with Crippen molar-refractivity contribution in [3.63, 3.8) is 0 Å². The zero-order chi connectivity index (χ0) is 17.9. The van der Waals surface area contributed by atoms with Crippen LogP contribution in [0.2, 0.25) is 0 Å². The molecule has 1 aliphatic heterocycles. The van der Waals surface area contributed by atoms with Gasteiger partial charge in [0.1, 0.15) is 11.6 Å². The molecular weight excluding hydrogens is 329 g/mol. The molecule has 0 aliphatic carbocycles. The summed E-state index contributed by atoms with van der Waals surface area (Å²) in [5, 5.41) is 10.3. The Kier molecular flexibility index (Phi) is 4.82. The summed E-state index contributed by atoms with van der Waals surface area (Å²) in [5.74, 6) is 0.467. The topological polar surface area (TPSA) is 52.1 Å². The molecule has 0 amide bonds. The fourth-order valence-electron chi connectivity index (χ4n) is 3.46. The summed E-state index contributed by atoms with van der Waals surface area (Å²) >= 11 is 0. The number of imidazole rings is 1. The third-order valence-electron chi connectivity index (χ3n) is 4.91. The monoisotopic (exact) mass is 351 g/mol. The number of nitrogens with one attached hydrogen (secondary N) is 1. The molecule has 2 N–H and O–H groups in total. The molecule has 5 heteroatoms. The molecule has 4 rings (SSSR count). The first kappa shape index (κ1) is 16.9. The number of aromatic amines is 1. The Hall–Kier alpha value is -2.50. The number of hydrogen-bond acceptors (Lipinski definition) is 3. The van der Waals surface area contributed by atoms with E-state index < -0.39 is 6.10 Å². The van der Waals surface area contributed by atoms with Gasteiger partial charge in [-0.15, -0.1) is 0 Å².